The van der Waals surface area contributed by atoms with Crippen LogP contribution < -0.4 is 0 Å². The second-order valence-corrected chi connectivity index (χ2v) is 3.55. The van der Waals surface area contributed by atoms with E-state index in [1.54, 1.807) is 6.20 Å². The number of aromatic nitrogens is 3. The van der Waals surface area contributed by atoms with Crippen LogP contribution in [0.5, 0.6) is 0 Å². The standard InChI is InChI=1S/C18H7N3/c1-2-3-4-5-6-7-8-12-15-21-16-18(19-20-21)17-13-10-9-11-14-17/h1,9-11,13-14,16H. The molecule has 0 saturated heterocycles. The van der Waals surface area contributed by atoms with Crippen LogP contribution in [0.3, 0.4) is 0 Å². The lowest BCUT2D eigenvalue weighted by Crippen LogP contribution is -1.87. The molecule has 0 unspecified atom stereocenters. The molecule has 0 atom stereocenters. The Labute approximate surface area is 123 Å². The number of hydrogen-bond donors (Lipinski definition) is 0. The summed E-state index contributed by atoms with van der Waals surface area (Å²) in [5.41, 5.74) is 1.73. The first kappa shape index (κ1) is 13.6. The normalized spacial score (nSPS) is 7.38. The lowest BCUT2D eigenvalue weighted by atomic mass is 10.2. The average Bonchev–Trinajstić information content (AvgIpc) is 3.00. The molecule has 0 spiro atoms. The molecule has 0 radical (unpaired) electrons. The molecular weight excluding hydrogens is 258 g/mol. The quantitative estimate of drug-likeness (QED) is 0.730. The van der Waals surface area contributed by atoms with Crippen molar-refractivity contribution in [3.8, 4) is 71.1 Å². The SMILES string of the molecule is C#CC#CC#CC#CC#Cn1cc(-c2ccccc2)nn1. The number of nitrogens with zero attached hydrogens (tertiary/aromatic N) is 3. The molecule has 0 aliphatic heterocycles. The topological polar surface area (TPSA) is 30.7 Å². The summed E-state index contributed by atoms with van der Waals surface area (Å²) in [6, 6.07) is 12.4. The van der Waals surface area contributed by atoms with E-state index in [-0.39, 0.29) is 0 Å². The van der Waals surface area contributed by atoms with E-state index in [0.717, 1.165) is 11.3 Å². The van der Waals surface area contributed by atoms with E-state index < -0.39 is 0 Å². The van der Waals surface area contributed by atoms with Crippen molar-refractivity contribution in [2.45, 2.75) is 0 Å². The van der Waals surface area contributed by atoms with Gasteiger partial charge in [-0.1, -0.05) is 35.5 Å². The van der Waals surface area contributed by atoms with Crippen LogP contribution in [0.1, 0.15) is 0 Å². The molecule has 1 aromatic heterocycles. The van der Waals surface area contributed by atoms with Crippen LogP contribution in [0, 0.1) is 59.8 Å². The molecule has 1 aromatic carbocycles. The Kier molecular flexibility index (Phi) is 4.89. The van der Waals surface area contributed by atoms with Crippen molar-refractivity contribution in [2.75, 3.05) is 0 Å². The molecule has 2 aromatic rings. The van der Waals surface area contributed by atoms with E-state index in [2.05, 4.69) is 63.7 Å². The maximum atomic E-state index is 4.93. The van der Waals surface area contributed by atoms with E-state index in [0.29, 0.717) is 0 Å². The Balaban J connectivity index is 2.05. The summed E-state index contributed by atoms with van der Waals surface area (Å²) in [5.74, 6) is 19.7. The second-order valence-electron chi connectivity index (χ2n) is 3.55. The van der Waals surface area contributed by atoms with Crippen molar-refractivity contribution in [3.05, 3.63) is 36.5 Å². The largest absolute Gasteiger partial charge is 0.175 e. The molecule has 0 saturated carbocycles. The monoisotopic (exact) mass is 265 g/mol. The molecule has 1 heterocycles. The summed E-state index contributed by atoms with van der Waals surface area (Å²) in [5, 5.41) is 7.93. The molecule has 3 nitrogen and oxygen atoms in total. The number of benzene rings is 1. The van der Waals surface area contributed by atoms with Gasteiger partial charge >= 0.3 is 0 Å². The molecule has 3 heteroatoms. The molecule has 2 rings (SSSR count). The summed E-state index contributed by atoms with van der Waals surface area (Å²) in [6.07, 6.45) is 6.66. The number of terminal acetylenes is 1. The van der Waals surface area contributed by atoms with Crippen LogP contribution >= 0.6 is 0 Å². The van der Waals surface area contributed by atoms with Gasteiger partial charge in [0, 0.05) is 29.2 Å². The lowest BCUT2D eigenvalue weighted by Gasteiger charge is -1.91. The van der Waals surface area contributed by atoms with Gasteiger partial charge in [0.2, 0.25) is 0 Å². The zero-order valence-corrected chi connectivity index (χ0v) is 10.9. The first-order valence-corrected chi connectivity index (χ1v) is 5.84. The highest BCUT2D eigenvalue weighted by Gasteiger charge is 2.00. The fourth-order valence-corrected chi connectivity index (χ4v) is 1.34. The van der Waals surface area contributed by atoms with Crippen LogP contribution in [0.15, 0.2) is 36.5 Å². The third kappa shape index (κ3) is 4.39. The third-order valence-electron chi connectivity index (χ3n) is 2.18. The Bertz CT molecular complexity index is 913. The van der Waals surface area contributed by atoms with Crippen molar-refractivity contribution < 1.29 is 0 Å². The fourth-order valence-electron chi connectivity index (χ4n) is 1.34. The highest BCUT2D eigenvalue weighted by molar-refractivity contribution is 5.57. The van der Waals surface area contributed by atoms with Crippen LogP contribution in [0.2, 0.25) is 0 Å². The highest BCUT2D eigenvalue weighted by atomic mass is 15.4. The molecule has 0 N–H and O–H groups in total. The summed E-state index contributed by atoms with van der Waals surface area (Å²) in [4.78, 5) is 0. The van der Waals surface area contributed by atoms with Crippen molar-refractivity contribution >= 4 is 0 Å². The van der Waals surface area contributed by atoms with Gasteiger partial charge in [0.25, 0.3) is 0 Å². The Morgan fingerprint density at radius 3 is 2.24 bits per heavy atom. The van der Waals surface area contributed by atoms with E-state index in [9.17, 15) is 0 Å². The Morgan fingerprint density at radius 1 is 0.857 bits per heavy atom. The minimum Gasteiger partial charge on any atom is -0.175 e. The number of rotatable bonds is 1. The van der Waals surface area contributed by atoms with Gasteiger partial charge in [-0.15, -0.1) is 11.5 Å². The zero-order chi connectivity index (χ0) is 14.8. The van der Waals surface area contributed by atoms with Gasteiger partial charge in [-0.3, -0.25) is 0 Å². The molecular formula is C18H7N3. The highest BCUT2D eigenvalue weighted by Crippen LogP contribution is 2.14. The lowest BCUT2D eigenvalue weighted by molar-refractivity contribution is 0.829. The maximum Gasteiger partial charge on any atom is 0.114 e. The van der Waals surface area contributed by atoms with Crippen LogP contribution in [0.4, 0.5) is 0 Å². The van der Waals surface area contributed by atoms with Crippen molar-refractivity contribution in [1.82, 2.24) is 15.0 Å². The van der Waals surface area contributed by atoms with E-state index in [1.165, 1.54) is 4.68 Å². The first-order chi connectivity index (χ1) is 10.4. The van der Waals surface area contributed by atoms with Crippen LogP contribution in [-0.4, -0.2) is 15.0 Å². The van der Waals surface area contributed by atoms with Crippen LogP contribution in [0.25, 0.3) is 11.3 Å². The molecule has 21 heavy (non-hydrogen) atoms. The minimum absolute atomic E-state index is 0.752. The molecule has 94 valence electrons. The second kappa shape index (κ2) is 7.56. The van der Waals surface area contributed by atoms with Crippen molar-refractivity contribution in [3.63, 3.8) is 0 Å². The predicted molar refractivity (Wildman–Crippen MR) is 80.8 cm³/mol. The average molecular weight is 265 g/mol. The van der Waals surface area contributed by atoms with Crippen molar-refractivity contribution in [1.29, 1.82) is 0 Å². The van der Waals surface area contributed by atoms with Gasteiger partial charge in [-0.25, -0.2) is 0 Å². The van der Waals surface area contributed by atoms with E-state index in [1.807, 2.05) is 30.3 Å². The predicted octanol–water partition coefficient (Wildman–Crippen LogP) is 1.40. The summed E-state index contributed by atoms with van der Waals surface area (Å²) >= 11 is 0. The van der Waals surface area contributed by atoms with Gasteiger partial charge in [-0.05, 0) is 23.7 Å². The van der Waals surface area contributed by atoms with E-state index >= 15 is 0 Å². The van der Waals surface area contributed by atoms with Gasteiger partial charge < -0.3 is 0 Å². The molecule has 0 amide bonds. The van der Waals surface area contributed by atoms with Crippen molar-refractivity contribution in [2.24, 2.45) is 0 Å². The molecule has 0 aliphatic rings. The smallest absolute Gasteiger partial charge is 0.114 e. The Hall–Kier alpha value is -3.84. The molecule has 0 fully saturated rings. The first-order valence-electron chi connectivity index (χ1n) is 5.84. The summed E-state index contributed by atoms with van der Waals surface area (Å²) in [7, 11) is 0. The fraction of sp³-hybridized carbons (Fsp3) is 0. The Morgan fingerprint density at radius 2 is 1.52 bits per heavy atom. The number of hydrogen-bond acceptors (Lipinski definition) is 2. The molecule has 0 bridgehead atoms. The summed E-state index contributed by atoms with van der Waals surface area (Å²) in [6.45, 7) is 0. The van der Waals surface area contributed by atoms with Gasteiger partial charge in [0.05, 0.1) is 12.2 Å². The molecule has 0 aliphatic carbocycles. The maximum absolute atomic E-state index is 4.93. The minimum atomic E-state index is 0.752. The summed E-state index contributed by atoms with van der Waals surface area (Å²) < 4.78 is 1.41. The van der Waals surface area contributed by atoms with E-state index in [4.69, 9.17) is 6.42 Å². The zero-order valence-electron chi connectivity index (χ0n) is 10.9. The van der Waals surface area contributed by atoms with Gasteiger partial charge in [0.1, 0.15) is 5.69 Å². The van der Waals surface area contributed by atoms with Gasteiger partial charge in [0.15, 0.2) is 0 Å². The van der Waals surface area contributed by atoms with Crippen LogP contribution in [-0.2, 0) is 0 Å². The third-order valence-corrected chi connectivity index (χ3v) is 2.18. The van der Waals surface area contributed by atoms with Gasteiger partial charge in [-0.2, -0.15) is 4.68 Å².